The SMILES string of the molecule is CNCC1CCN(S(=O)(=O)CCOC(C)C)C1.Cl. The molecule has 0 radical (unpaired) electrons. The van der Waals surface area contributed by atoms with E-state index < -0.39 is 10.0 Å². The average Bonchev–Trinajstić information content (AvgIpc) is 2.66. The third-order valence-corrected chi connectivity index (χ3v) is 4.73. The molecule has 1 heterocycles. The summed E-state index contributed by atoms with van der Waals surface area (Å²) in [6.45, 7) is 6.28. The number of nitrogens with zero attached hydrogens (tertiary/aromatic N) is 1. The highest BCUT2D eigenvalue weighted by molar-refractivity contribution is 7.89. The van der Waals surface area contributed by atoms with E-state index in [9.17, 15) is 8.42 Å². The summed E-state index contributed by atoms with van der Waals surface area (Å²) in [6, 6.07) is 0. The maximum Gasteiger partial charge on any atom is 0.216 e. The number of rotatable bonds is 7. The second-order valence-corrected chi connectivity index (χ2v) is 6.89. The number of sulfonamides is 1. The van der Waals surface area contributed by atoms with Crippen LogP contribution in [0.1, 0.15) is 20.3 Å². The fourth-order valence-electron chi connectivity index (χ4n) is 2.02. The molecule has 0 bridgehead atoms. The van der Waals surface area contributed by atoms with Crippen LogP contribution in [0.5, 0.6) is 0 Å². The van der Waals surface area contributed by atoms with Gasteiger partial charge in [0.1, 0.15) is 0 Å². The van der Waals surface area contributed by atoms with E-state index >= 15 is 0 Å². The lowest BCUT2D eigenvalue weighted by Crippen LogP contribution is -2.33. The monoisotopic (exact) mass is 300 g/mol. The summed E-state index contributed by atoms with van der Waals surface area (Å²) in [4.78, 5) is 0. The molecule has 1 aliphatic rings. The van der Waals surface area contributed by atoms with Crippen molar-refractivity contribution < 1.29 is 13.2 Å². The molecule has 0 amide bonds. The van der Waals surface area contributed by atoms with Gasteiger partial charge in [-0.25, -0.2) is 12.7 Å². The van der Waals surface area contributed by atoms with E-state index in [-0.39, 0.29) is 30.9 Å². The van der Waals surface area contributed by atoms with E-state index in [1.807, 2.05) is 20.9 Å². The quantitative estimate of drug-likeness (QED) is 0.752. The highest BCUT2D eigenvalue weighted by Crippen LogP contribution is 2.19. The summed E-state index contributed by atoms with van der Waals surface area (Å²) in [5.74, 6) is 0.540. The van der Waals surface area contributed by atoms with Gasteiger partial charge in [-0.2, -0.15) is 0 Å². The van der Waals surface area contributed by atoms with Gasteiger partial charge in [0.2, 0.25) is 10.0 Å². The van der Waals surface area contributed by atoms with Crippen LogP contribution in [-0.4, -0.2) is 57.9 Å². The molecule has 0 aromatic heterocycles. The molecule has 110 valence electrons. The van der Waals surface area contributed by atoms with Crippen LogP contribution < -0.4 is 5.32 Å². The molecule has 0 aromatic carbocycles. The zero-order chi connectivity index (χ0) is 12.9. The van der Waals surface area contributed by atoms with Crippen molar-refractivity contribution in [2.24, 2.45) is 5.92 Å². The second-order valence-electron chi connectivity index (χ2n) is 4.81. The summed E-state index contributed by atoms with van der Waals surface area (Å²) < 4.78 is 30.9. The molecule has 7 heteroatoms. The van der Waals surface area contributed by atoms with Gasteiger partial charge in [0, 0.05) is 13.1 Å². The molecule has 0 saturated carbocycles. The fourth-order valence-corrected chi connectivity index (χ4v) is 3.41. The molecule has 1 saturated heterocycles. The normalized spacial score (nSPS) is 21.2. The molecule has 18 heavy (non-hydrogen) atoms. The zero-order valence-electron chi connectivity index (χ0n) is 11.4. The van der Waals surface area contributed by atoms with E-state index in [4.69, 9.17) is 4.74 Å². The molecule has 1 fully saturated rings. The van der Waals surface area contributed by atoms with Crippen molar-refractivity contribution in [1.29, 1.82) is 0 Å². The molecule has 1 N–H and O–H groups in total. The van der Waals surface area contributed by atoms with Crippen LogP contribution in [0.25, 0.3) is 0 Å². The van der Waals surface area contributed by atoms with Crippen LogP contribution in [0.15, 0.2) is 0 Å². The standard InChI is InChI=1S/C11H24N2O3S.ClH/c1-10(2)16-6-7-17(14,15)13-5-4-11(9-13)8-12-3;/h10-12H,4-9H2,1-3H3;1H. The third-order valence-electron chi connectivity index (χ3n) is 2.93. The van der Waals surface area contributed by atoms with E-state index in [2.05, 4.69) is 5.32 Å². The van der Waals surface area contributed by atoms with E-state index in [0.717, 1.165) is 13.0 Å². The van der Waals surface area contributed by atoms with Gasteiger partial charge >= 0.3 is 0 Å². The molecular weight excluding hydrogens is 276 g/mol. The number of ether oxygens (including phenoxy) is 1. The van der Waals surface area contributed by atoms with Crippen LogP contribution in [-0.2, 0) is 14.8 Å². The van der Waals surface area contributed by atoms with Gasteiger partial charge in [-0.3, -0.25) is 0 Å². The van der Waals surface area contributed by atoms with Crippen LogP contribution in [0.2, 0.25) is 0 Å². The Kier molecular flexibility index (Phi) is 8.38. The number of halogens is 1. The first-order valence-corrected chi connectivity index (χ1v) is 7.80. The maximum absolute atomic E-state index is 12.0. The van der Waals surface area contributed by atoms with Crippen molar-refractivity contribution in [3.63, 3.8) is 0 Å². The Morgan fingerprint density at radius 1 is 1.44 bits per heavy atom. The summed E-state index contributed by atoms with van der Waals surface area (Å²) in [5, 5.41) is 3.09. The second kappa shape index (κ2) is 8.32. The van der Waals surface area contributed by atoms with Gasteiger partial charge in [-0.1, -0.05) is 0 Å². The predicted octanol–water partition coefficient (Wildman–Crippen LogP) is 0.704. The van der Waals surface area contributed by atoms with E-state index in [1.165, 1.54) is 0 Å². The van der Waals surface area contributed by atoms with Gasteiger partial charge in [0.15, 0.2) is 0 Å². The lowest BCUT2D eigenvalue weighted by molar-refractivity contribution is 0.0907. The first-order chi connectivity index (χ1) is 7.95. The van der Waals surface area contributed by atoms with Crippen LogP contribution >= 0.6 is 12.4 Å². The van der Waals surface area contributed by atoms with Crippen molar-refractivity contribution >= 4 is 22.4 Å². The molecule has 5 nitrogen and oxygen atoms in total. The van der Waals surface area contributed by atoms with E-state index in [1.54, 1.807) is 4.31 Å². The molecule has 0 aliphatic carbocycles. The molecule has 1 unspecified atom stereocenters. The summed E-state index contributed by atoms with van der Waals surface area (Å²) in [7, 11) is -1.23. The first kappa shape index (κ1) is 18.1. The molecule has 0 aromatic rings. The Labute approximate surface area is 117 Å². The summed E-state index contributed by atoms with van der Waals surface area (Å²) in [6.07, 6.45) is 1.03. The number of hydrogen-bond acceptors (Lipinski definition) is 4. The maximum atomic E-state index is 12.0. The first-order valence-electron chi connectivity index (χ1n) is 6.19. The van der Waals surface area contributed by atoms with Crippen molar-refractivity contribution in [2.75, 3.05) is 39.0 Å². The Morgan fingerprint density at radius 3 is 2.67 bits per heavy atom. The van der Waals surface area contributed by atoms with Gasteiger partial charge in [-0.05, 0) is 39.8 Å². The van der Waals surface area contributed by atoms with Crippen LogP contribution in [0.3, 0.4) is 0 Å². The van der Waals surface area contributed by atoms with Crippen molar-refractivity contribution in [3.05, 3.63) is 0 Å². The molecule has 0 spiro atoms. The zero-order valence-corrected chi connectivity index (χ0v) is 13.0. The smallest absolute Gasteiger partial charge is 0.216 e. The Morgan fingerprint density at radius 2 is 2.11 bits per heavy atom. The molecular formula is C11H25ClN2O3S. The highest BCUT2D eigenvalue weighted by atomic mass is 35.5. The molecule has 1 rings (SSSR count). The minimum Gasteiger partial charge on any atom is -0.378 e. The van der Waals surface area contributed by atoms with Crippen molar-refractivity contribution in [3.8, 4) is 0 Å². The molecule has 1 aliphatic heterocycles. The lowest BCUT2D eigenvalue weighted by Gasteiger charge is -2.17. The Hall–Kier alpha value is 0.120. The van der Waals surface area contributed by atoms with Crippen molar-refractivity contribution in [2.45, 2.75) is 26.4 Å². The van der Waals surface area contributed by atoms with Crippen LogP contribution in [0.4, 0.5) is 0 Å². The van der Waals surface area contributed by atoms with Crippen LogP contribution in [0, 0.1) is 5.92 Å². The summed E-state index contributed by atoms with van der Waals surface area (Å²) in [5.41, 5.74) is 0. The van der Waals surface area contributed by atoms with Gasteiger partial charge < -0.3 is 10.1 Å². The van der Waals surface area contributed by atoms with Gasteiger partial charge in [0.25, 0.3) is 0 Å². The predicted molar refractivity (Wildman–Crippen MR) is 75.7 cm³/mol. The largest absolute Gasteiger partial charge is 0.378 e. The van der Waals surface area contributed by atoms with Gasteiger partial charge in [-0.15, -0.1) is 12.4 Å². The number of nitrogens with one attached hydrogen (secondary N) is 1. The summed E-state index contributed by atoms with van der Waals surface area (Å²) >= 11 is 0. The van der Waals surface area contributed by atoms with Gasteiger partial charge in [0.05, 0.1) is 18.5 Å². The lowest BCUT2D eigenvalue weighted by atomic mass is 10.1. The minimum absolute atomic E-state index is 0. The molecule has 1 atom stereocenters. The average molecular weight is 301 g/mol. The topological polar surface area (TPSA) is 58.6 Å². The fraction of sp³-hybridized carbons (Fsp3) is 1.00. The minimum atomic E-state index is -3.13. The Bertz CT molecular complexity index is 322. The third kappa shape index (κ3) is 5.84. The van der Waals surface area contributed by atoms with Crippen molar-refractivity contribution in [1.82, 2.24) is 9.62 Å². The van der Waals surface area contributed by atoms with E-state index in [0.29, 0.717) is 19.0 Å². The highest BCUT2D eigenvalue weighted by Gasteiger charge is 2.30. The Balaban J connectivity index is 0.00000289. The number of hydrogen-bond donors (Lipinski definition) is 1.